The molecule has 6 heteroatoms. The summed E-state index contributed by atoms with van der Waals surface area (Å²) < 4.78 is 6.32. The average Bonchev–Trinajstić information content (AvgIpc) is 2.26. The molecule has 0 unspecified atom stereocenters. The molecule has 0 fully saturated rings. The third-order valence-electron chi connectivity index (χ3n) is 4.29. The molecule has 3 atom stereocenters. The average molecular weight is 305 g/mol. The van der Waals surface area contributed by atoms with Crippen molar-refractivity contribution in [3.63, 3.8) is 0 Å². The predicted molar refractivity (Wildman–Crippen MR) is 83.4 cm³/mol. The largest absolute Gasteiger partial charge is 0.480 e. The molecule has 0 radical (unpaired) electrons. The molecule has 0 aromatic carbocycles. The maximum atomic E-state index is 11.4. The van der Waals surface area contributed by atoms with Crippen molar-refractivity contribution in [2.45, 2.75) is 64.4 Å². The number of likely N-dealkylation sites (N-methyl/N-ethyl adjacent to an activating group) is 1. The minimum Gasteiger partial charge on any atom is -0.480 e. The Morgan fingerprint density at radius 3 is 2.15 bits per heavy atom. The number of nitrogens with one attached hydrogen (secondary N) is 1. The first-order valence-electron chi connectivity index (χ1n) is 7.16. The lowest BCUT2D eigenvalue weighted by molar-refractivity contribution is -0.143. The Kier molecular flexibility index (Phi) is 7.38. The molecule has 120 valence electrons. The summed E-state index contributed by atoms with van der Waals surface area (Å²) in [5.41, 5.74) is 0. The number of carboxylic acid groups (broad SMARTS) is 1. The summed E-state index contributed by atoms with van der Waals surface area (Å²) in [5.74, 6) is -0.941. The van der Waals surface area contributed by atoms with Gasteiger partial charge in [-0.15, -0.1) is 0 Å². The number of hydrogen-bond donors (Lipinski definition) is 3. The molecule has 0 rings (SSSR count). The molecule has 0 aromatic heterocycles. The van der Waals surface area contributed by atoms with Crippen LogP contribution in [0.5, 0.6) is 0 Å². The van der Waals surface area contributed by atoms with Gasteiger partial charge in [0.15, 0.2) is 8.32 Å². The van der Waals surface area contributed by atoms with E-state index in [1.807, 2.05) is 6.92 Å². The van der Waals surface area contributed by atoms with Gasteiger partial charge in [0.2, 0.25) is 0 Å². The van der Waals surface area contributed by atoms with Crippen LogP contribution in [0, 0.1) is 5.92 Å². The summed E-state index contributed by atoms with van der Waals surface area (Å²) in [6, 6.07) is -0.759. The van der Waals surface area contributed by atoms with Gasteiger partial charge in [-0.05, 0) is 37.5 Å². The van der Waals surface area contributed by atoms with E-state index < -0.39 is 26.4 Å². The number of aliphatic hydroxyl groups is 1. The molecule has 3 N–H and O–H groups in total. The predicted octanol–water partition coefficient (Wildman–Crippen LogP) is 2.07. The Labute approximate surface area is 123 Å². The van der Waals surface area contributed by atoms with Gasteiger partial charge in [-0.1, -0.05) is 27.7 Å². The first kappa shape index (κ1) is 19.6. The van der Waals surface area contributed by atoms with E-state index in [-0.39, 0.29) is 17.6 Å². The van der Waals surface area contributed by atoms with Gasteiger partial charge in [0.1, 0.15) is 6.04 Å². The molecule has 20 heavy (non-hydrogen) atoms. The summed E-state index contributed by atoms with van der Waals surface area (Å²) >= 11 is 0. The molecule has 0 aliphatic heterocycles. The van der Waals surface area contributed by atoms with Crippen molar-refractivity contribution in [1.29, 1.82) is 0 Å². The van der Waals surface area contributed by atoms with Crippen LogP contribution in [0.25, 0.3) is 0 Å². The smallest absolute Gasteiger partial charge is 0.323 e. The molecule has 0 bridgehead atoms. The second-order valence-electron chi connectivity index (χ2n) is 6.94. The van der Waals surface area contributed by atoms with E-state index in [1.54, 1.807) is 7.05 Å². The third-order valence-corrected chi connectivity index (χ3v) is 8.76. The number of hydrogen-bond acceptors (Lipinski definition) is 4. The van der Waals surface area contributed by atoms with Crippen molar-refractivity contribution in [3.05, 3.63) is 0 Å². The number of aliphatic hydroxyl groups excluding tert-OH is 1. The topological polar surface area (TPSA) is 78.8 Å². The molecule has 0 amide bonds. The van der Waals surface area contributed by atoms with Gasteiger partial charge in [-0.25, -0.2) is 0 Å². The molecule has 0 heterocycles. The lowest BCUT2D eigenvalue weighted by Crippen LogP contribution is -2.55. The zero-order valence-corrected chi connectivity index (χ0v) is 14.9. The highest BCUT2D eigenvalue weighted by molar-refractivity contribution is 6.74. The van der Waals surface area contributed by atoms with Crippen LogP contribution < -0.4 is 5.32 Å². The maximum Gasteiger partial charge on any atom is 0.323 e. The quantitative estimate of drug-likeness (QED) is 0.598. The summed E-state index contributed by atoms with van der Waals surface area (Å²) in [7, 11) is -0.438. The molecule has 0 aromatic rings. The maximum absolute atomic E-state index is 11.4. The second kappa shape index (κ2) is 7.54. The van der Waals surface area contributed by atoms with E-state index in [4.69, 9.17) is 9.53 Å². The van der Waals surface area contributed by atoms with Crippen LogP contribution in [0.2, 0.25) is 18.1 Å². The van der Waals surface area contributed by atoms with Crippen LogP contribution in [-0.2, 0) is 9.22 Å². The molecule has 0 aliphatic carbocycles. The number of aliphatic carboxylic acids is 1. The van der Waals surface area contributed by atoms with Gasteiger partial charge in [0, 0.05) is 6.61 Å². The van der Waals surface area contributed by atoms with Gasteiger partial charge < -0.3 is 20.0 Å². The Morgan fingerprint density at radius 1 is 1.35 bits per heavy atom. The Balaban J connectivity index is 5.28. The Bertz CT molecular complexity index is 315. The van der Waals surface area contributed by atoms with Gasteiger partial charge in [-0.2, -0.15) is 0 Å². The monoisotopic (exact) mass is 305 g/mol. The van der Waals surface area contributed by atoms with Gasteiger partial charge >= 0.3 is 5.97 Å². The van der Waals surface area contributed by atoms with Crippen molar-refractivity contribution in [2.24, 2.45) is 5.92 Å². The summed E-state index contributed by atoms with van der Waals surface area (Å²) in [5, 5.41) is 21.3. The summed E-state index contributed by atoms with van der Waals surface area (Å²) in [4.78, 5) is 11.4. The highest BCUT2D eigenvalue weighted by atomic mass is 28.4. The SMILES string of the molecule is CN[C@H](C(=O)O)[C@H](O[Si](C)(C)C(C)(C)C)[C@H](C)CCO. The van der Waals surface area contributed by atoms with E-state index in [1.165, 1.54) is 0 Å². The standard InChI is InChI=1S/C14H31NO4Si/c1-10(8-9-16)12(11(15-5)13(17)18)19-20(6,7)14(2,3)4/h10-12,15-16H,8-9H2,1-7H3,(H,17,18)/t10-,11+,12-/m1/s1. The van der Waals surface area contributed by atoms with E-state index in [0.717, 1.165) is 0 Å². The number of carboxylic acids is 1. The fraction of sp³-hybridized carbons (Fsp3) is 0.929. The van der Waals surface area contributed by atoms with Crippen molar-refractivity contribution >= 4 is 14.3 Å². The molecule has 0 saturated heterocycles. The Morgan fingerprint density at radius 2 is 1.85 bits per heavy atom. The minimum absolute atomic E-state index is 0.0149. The highest BCUT2D eigenvalue weighted by Gasteiger charge is 2.43. The van der Waals surface area contributed by atoms with Gasteiger partial charge in [0.05, 0.1) is 6.10 Å². The molecule has 5 nitrogen and oxygen atoms in total. The van der Waals surface area contributed by atoms with Crippen LogP contribution in [0.3, 0.4) is 0 Å². The van der Waals surface area contributed by atoms with E-state index in [2.05, 4.69) is 39.2 Å². The number of carbonyl (C=O) groups is 1. The first-order chi connectivity index (χ1) is 8.97. The molecule has 0 saturated carbocycles. The fourth-order valence-corrected chi connectivity index (χ4v) is 3.23. The first-order valence-corrected chi connectivity index (χ1v) is 10.1. The van der Waals surface area contributed by atoms with Crippen LogP contribution >= 0.6 is 0 Å². The van der Waals surface area contributed by atoms with Crippen LogP contribution in [0.1, 0.15) is 34.1 Å². The van der Waals surface area contributed by atoms with Crippen LogP contribution in [0.4, 0.5) is 0 Å². The van der Waals surface area contributed by atoms with Crippen LogP contribution in [0.15, 0.2) is 0 Å². The molecule has 0 aliphatic rings. The lowest BCUT2D eigenvalue weighted by atomic mass is 9.95. The van der Waals surface area contributed by atoms with E-state index >= 15 is 0 Å². The van der Waals surface area contributed by atoms with E-state index in [0.29, 0.717) is 6.42 Å². The fourth-order valence-electron chi connectivity index (χ4n) is 1.83. The lowest BCUT2D eigenvalue weighted by Gasteiger charge is -2.42. The highest BCUT2D eigenvalue weighted by Crippen LogP contribution is 2.38. The number of rotatable bonds is 8. The zero-order valence-electron chi connectivity index (χ0n) is 13.9. The zero-order chi connectivity index (χ0) is 16.1. The van der Waals surface area contributed by atoms with Gasteiger partial charge in [-0.3, -0.25) is 4.79 Å². The minimum atomic E-state index is -2.07. The van der Waals surface area contributed by atoms with Crippen LogP contribution in [-0.4, -0.2) is 50.3 Å². The van der Waals surface area contributed by atoms with Crippen molar-refractivity contribution < 1.29 is 19.4 Å². The van der Waals surface area contributed by atoms with Gasteiger partial charge in [0.25, 0.3) is 0 Å². The summed E-state index contributed by atoms with van der Waals surface area (Å²) in [6.07, 6.45) is 0.0932. The normalized spacial score (nSPS) is 17.6. The van der Waals surface area contributed by atoms with E-state index in [9.17, 15) is 9.90 Å². The van der Waals surface area contributed by atoms with Crippen molar-refractivity contribution in [2.75, 3.05) is 13.7 Å². The third kappa shape index (κ3) is 5.16. The second-order valence-corrected chi connectivity index (χ2v) is 11.7. The van der Waals surface area contributed by atoms with Crippen molar-refractivity contribution in [3.8, 4) is 0 Å². The molecule has 0 spiro atoms. The van der Waals surface area contributed by atoms with Crippen molar-refractivity contribution in [1.82, 2.24) is 5.32 Å². The Hall–Kier alpha value is -0.433. The summed E-state index contributed by atoms with van der Waals surface area (Å²) in [6.45, 7) is 12.6. The molecular weight excluding hydrogens is 274 g/mol. The molecular formula is C14H31NO4Si.